The predicted molar refractivity (Wildman–Crippen MR) is 98.8 cm³/mol. The molecule has 1 aliphatic rings. The molecule has 1 fully saturated rings. The molecule has 1 amide bonds. The summed E-state index contributed by atoms with van der Waals surface area (Å²) in [5.74, 6) is -1.23. The van der Waals surface area contributed by atoms with Gasteiger partial charge in [-0.15, -0.1) is 0 Å². The van der Waals surface area contributed by atoms with E-state index < -0.39 is 21.8 Å². The van der Waals surface area contributed by atoms with Gasteiger partial charge in [0, 0.05) is 31.7 Å². The minimum absolute atomic E-state index is 0.0680. The fraction of sp³-hybridized carbons (Fsp3) is 0.263. The van der Waals surface area contributed by atoms with E-state index in [-0.39, 0.29) is 42.5 Å². The number of esters is 1. The molecule has 148 valence electrons. The zero-order valence-corrected chi connectivity index (χ0v) is 16.0. The van der Waals surface area contributed by atoms with Crippen molar-refractivity contribution in [3.05, 3.63) is 65.5 Å². The number of hydrogen-bond donors (Lipinski definition) is 0. The molecule has 0 aliphatic carbocycles. The van der Waals surface area contributed by atoms with Gasteiger partial charge in [0.05, 0.1) is 17.6 Å². The summed E-state index contributed by atoms with van der Waals surface area (Å²) in [6.07, 6.45) is 0. The van der Waals surface area contributed by atoms with Crippen LogP contribution in [0.4, 0.5) is 4.39 Å². The van der Waals surface area contributed by atoms with Crippen LogP contribution in [-0.2, 0) is 14.8 Å². The number of ether oxygens (including phenoxy) is 1. The molecule has 7 nitrogen and oxygen atoms in total. The molecular weight excluding hydrogens is 387 g/mol. The molecule has 1 aliphatic heterocycles. The lowest BCUT2D eigenvalue weighted by atomic mass is 10.2. The Bertz CT molecular complexity index is 966. The number of nitrogens with zero attached hydrogens (tertiary/aromatic N) is 2. The van der Waals surface area contributed by atoms with Crippen LogP contribution in [0.1, 0.15) is 20.7 Å². The van der Waals surface area contributed by atoms with E-state index in [0.29, 0.717) is 5.56 Å². The Morgan fingerprint density at radius 1 is 0.893 bits per heavy atom. The van der Waals surface area contributed by atoms with Crippen molar-refractivity contribution in [3.8, 4) is 0 Å². The van der Waals surface area contributed by atoms with E-state index in [4.69, 9.17) is 0 Å². The van der Waals surface area contributed by atoms with Gasteiger partial charge < -0.3 is 9.64 Å². The van der Waals surface area contributed by atoms with E-state index in [0.717, 1.165) is 0 Å². The first-order valence-corrected chi connectivity index (χ1v) is 10.0. The molecule has 0 unspecified atom stereocenters. The fourth-order valence-electron chi connectivity index (χ4n) is 2.94. The second-order valence-electron chi connectivity index (χ2n) is 6.22. The third-order valence-corrected chi connectivity index (χ3v) is 6.44. The zero-order chi connectivity index (χ0) is 20.3. The van der Waals surface area contributed by atoms with E-state index in [1.165, 1.54) is 59.9 Å². The van der Waals surface area contributed by atoms with Gasteiger partial charge >= 0.3 is 5.97 Å². The van der Waals surface area contributed by atoms with Gasteiger partial charge in [-0.05, 0) is 48.5 Å². The van der Waals surface area contributed by atoms with Crippen LogP contribution in [0, 0.1) is 5.82 Å². The summed E-state index contributed by atoms with van der Waals surface area (Å²) in [5.41, 5.74) is 0.618. The first-order chi connectivity index (χ1) is 13.3. The highest BCUT2D eigenvalue weighted by atomic mass is 32.2. The molecule has 9 heteroatoms. The third kappa shape index (κ3) is 4.05. The van der Waals surface area contributed by atoms with Crippen LogP contribution in [0.5, 0.6) is 0 Å². The van der Waals surface area contributed by atoms with Gasteiger partial charge in [0.25, 0.3) is 5.91 Å². The molecule has 0 N–H and O–H groups in total. The van der Waals surface area contributed by atoms with Crippen LogP contribution in [0.25, 0.3) is 0 Å². The Kier molecular flexibility index (Phi) is 5.76. The summed E-state index contributed by atoms with van der Waals surface area (Å²) in [7, 11) is -2.49. The van der Waals surface area contributed by atoms with Gasteiger partial charge in [0.15, 0.2) is 0 Å². The number of carbonyl (C=O) groups excluding carboxylic acids is 2. The normalized spacial score (nSPS) is 15.3. The number of methoxy groups -OCH3 is 1. The number of halogens is 1. The summed E-state index contributed by atoms with van der Waals surface area (Å²) in [6, 6.07) is 10.8. The van der Waals surface area contributed by atoms with E-state index in [9.17, 15) is 22.4 Å². The maximum Gasteiger partial charge on any atom is 0.337 e. The number of carbonyl (C=O) groups is 2. The minimum Gasteiger partial charge on any atom is -0.465 e. The number of rotatable bonds is 4. The smallest absolute Gasteiger partial charge is 0.337 e. The van der Waals surface area contributed by atoms with Crippen LogP contribution < -0.4 is 0 Å². The molecule has 28 heavy (non-hydrogen) atoms. The maximum absolute atomic E-state index is 13.0. The molecule has 0 spiro atoms. The standard InChI is InChI=1S/C19H19FN2O5S/c1-27-19(24)15-4-8-17(9-5-15)28(25,26)22-12-10-21(11-13-22)18(23)14-2-6-16(20)7-3-14/h2-9H,10-13H2,1H3. The number of hydrogen-bond acceptors (Lipinski definition) is 5. The van der Waals surface area contributed by atoms with Crippen molar-refractivity contribution in [2.75, 3.05) is 33.3 Å². The summed E-state index contributed by atoms with van der Waals surface area (Å²) in [5, 5.41) is 0. The second kappa shape index (κ2) is 8.07. The number of benzene rings is 2. The number of piperazine rings is 1. The molecule has 0 bridgehead atoms. The second-order valence-corrected chi connectivity index (χ2v) is 8.16. The van der Waals surface area contributed by atoms with Crippen LogP contribution >= 0.6 is 0 Å². The molecule has 0 radical (unpaired) electrons. The average molecular weight is 406 g/mol. The van der Waals surface area contributed by atoms with Gasteiger partial charge in [-0.3, -0.25) is 4.79 Å². The highest BCUT2D eigenvalue weighted by molar-refractivity contribution is 7.89. The highest BCUT2D eigenvalue weighted by Gasteiger charge is 2.30. The summed E-state index contributed by atoms with van der Waals surface area (Å²) >= 11 is 0. The van der Waals surface area contributed by atoms with Gasteiger partial charge in [-0.25, -0.2) is 17.6 Å². The predicted octanol–water partition coefficient (Wildman–Crippen LogP) is 1.76. The Labute approximate surface area is 162 Å². The number of sulfonamides is 1. The van der Waals surface area contributed by atoms with E-state index in [2.05, 4.69) is 4.74 Å². The van der Waals surface area contributed by atoms with E-state index in [1.54, 1.807) is 4.90 Å². The lowest BCUT2D eigenvalue weighted by Crippen LogP contribution is -2.50. The monoisotopic (exact) mass is 406 g/mol. The fourth-order valence-corrected chi connectivity index (χ4v) is 4.36. The van der Waals surface area contributed by atoms with Crippen molar-refractivity contribution in [2.45, 2.75) is 4.90 Å². The molecule has 0 saturated carbocycles. The molecule has 2 aromatic carbocycles. The van der Waals surface area contributed by atoms with Crippen LogP contribution in [0.15, 0.2) is 53.4 Å². The first-order valence-electron chi connectivity index (χ1n) is 8.56. The summed E-state index contributed by atoms with van der Waals surface area (Å²) < 4.78 is 44.5. The van der Waals surface area contributed by atoms with Gasteiger partial charge in [-0.1, -0.05) is 0 Å². The molecule has 0 aromatic heterocycles. The molecule has 0 atom stereocenters. The Balaban J connectivity index is 1.67. The van der Waals surface area contributed by atoms with Crippen molar-refractivity contribution in [1.29, 1.82) is 0 Å². The minimum atomic E-state index is -3.74. The van der Waals surface area contributed by atoms with Gasteiger partial charge in [0.2, 0.25) is 10.0 Å². The van der Waals surface area contributed by atoms with Gasteiger partial charge in [0.1, 0.15) is 5.82 Å². The topological polar surface area (TPSA) is 84.0 Å². The molecule has 2 aromatic rings. The Hall–Kier alpha value is -2.78. The highest BCUT2D eigenvalue weighted by Crippen LogP contribution is 2.19. The SMILES string of the molecule is COC(=O)c1ccc(S(=O)(=O)N2CCN(C(=O)c3ccc(F)cc3)CC2)cc1. The van der Waals surface area contributed by atoms with Crippen molar-refractivity contribution >= 4 is 21.9 Å². The van der Waals surface area contributed by atoms with Crippen molar-refractivity contribution in [3.63, 3.8) is 0 Å². The summed E-state index contributed by atoms with van der Waals surface area (Å²) in [4.78, 5) is 25.5. The van der Waals surface area contributed by atoms with Crippen molar-refractivity contribution in [2.24, 2.45) is 0 Å². The molecule has 3 rings (SSSR count). The molecular formula is C19H19FN2O5S. The summed E-state index contributed by atoms with van der Waals surface area (Å²) in [6.45, 7) is 0.757. The zero-order valence-electron chi connectivity index (χ0n) is 15.2. The largest absolute Gasteiger partial charge is 0.465 e. The van der Waals surface area contributed by atoms with Crippen LogP contribution in [-0.4, -0.2) is 62.8 Å². The maximum atomic E-state index is 13.0. The van der Waals surface area contributed by atoms with Crippen molar-refractivity contribution < 1.29 is 27.1 Å². The van der Waals surface area contributed by atoms with Crippen LogP contribution in [0.3, 0.4) is 0 Å². The lowest BCUT2D eigenvalue weighted by Gasteiger charge is -2.34. The van der Waals surface area contributed by atoms with E-state index >= 15 is 0 Å². The van der Waals surface area contributed by atoms with E-state index in [1.807, 2.05) is 0 Å². The average Bonchev–Trinajstić information content (AvgIpc) is 2.73. The first kappa shape index (κ1) is 20.0. The van der Waals surface area contributed by atoms with Crippen molar-refractivity contribution in [1.82, 2.24) is 9.21 Å². The Morgan fingerprint density at radius 3 is 1.96 bits per heavy atom. The van der Waals surface area contributed by atoms with Gasteiger partial charge in [-0.2, -0.15) is 4.31 Å². The molecule has 1 heterocycles. The Morgan fingerprint density at radius 2 is 1.43 bits per heavy atom. The number of amides is 1. The lowest BCUT2D eigenvalue weighted by molar-refractivity contribution is 0.0600. The van der Waals surface area contributed by atoms with Crippen LogP contribution in [0.2, 0.25) is 0 Å². The quantitative estimate of drug-likeness (QED) is 0.723. The molecule has 1 saturated heterocycles. The third-order valence-electron chi connectivity index (χ3n) is 4.53.